The topological polar surface area (TPSA) is 41.1 Å². The van der Waals surface area contributed by atoms with Crippen molar-refractivity contribution in [1.29, 1.82) is 0 Å². The van der Waals surface area contributed by atoms with Gasteiger partial charge in [-0.15, -0.1) is 0 Å². The number of hydrogen-bond donors (Lipinski definition) is 2. The van der Waals surface area contributed by atoms with E-state index in [4.69, 9.17) is 0 Å². The molecule has 0 bridgehead atoms. The molecule has 0 saturated heterocycles. The summed E-state index contributed by atoms with van der Waals surface area (Å²) >= 11 is 0. The molecule has 100 valence electrons. The zero-order chi connectivity index (χ0) is 13.2. The molecule has 0 aliphatic carbocycles. The Balaban J connectivity index is 2.10. The first-order chi connectivity index (χ1) is 8.72. The molecular weight excluding hydrogens is 231 g/mol. The van der Waals surface area contributed by atoms with E-state index >= 15 is 0 Å². The van der Waals surface area contributed by atoms with Crippen LogP contribution in [0.25, 0.3) is 0 Å². The van der Waals surface area contributed by atoms with Gasteiger partial charge in [0.15, 0.2) is 0 Å². The lowest BCUT2D eigenvalue weighted by atomic mass is 10.2. The van der Waals surface area contributed by atoms with Gasteiger partial charge in [0.05, 0.1) is 6.54 Å². The van der Waals surface area contributed by atoms with E-state index < -0.39 is 0 Å². The van der Waals surface area contributed by atoms with Crippen molar-refractivity contribution in [3.05, 3.63) is 35.6 Å². The molecule has 0 aliphatic rings. The zero-order valence-corrected chi connectivity index (χ0v) is 10.8. The lowest BCUT2D eigenvalue weighted by Crippen LogP contribution is -2.34. The predicted molar refractivity (Wildman–Crippen MR) is 70.6 cm³/mol. The van der Waals surface area contributed by atoms with E-state index in [1.807, 2.05) is 0 Å². The third kappa shape index (κ3) is 6.35. The van der Waals surface area contributed by atoms with Crippen molar-refractivity contribution >= 4 is 5.91 Å². The summed E-state index contributed by atoms with van der Waals surface area (Å²) in [6, 6.07) is 6.26. The minimum absolute atomic E-state index is 0.00761. The van der Waals surface area contributed by atoms with Crippen LogP contribution in [0.4, 0.5) is 4.39 Å². The molecule has 0 atom stereocenters. The van der Waals surface area contributed by atoms with Crippen molar-refractivity contribution < 1.29 is 9.18 Å². The molecule has 18 heavy (non-hydrogen) atoms. The number of halogens is 1. The molecule has 1 amide bonds. The molecule has 1 aromatic carbocycles. The van der Waals surface area contributed by atoms with Gasteiger partial charge in [-0.05, 0) is 24.1 Å². The van der Waals surface area contributed by atoms with Crippen LogP contribution in [0.15, 0.2) is 24.3 Å². The Bertz CT molecular complexity index is 351. The second-order valence-corrected chi connectivity index (χ2v) is 4.29. The number of carbonyl (C=O) groups excluding carboxylic acids is 1. The fourth-order valence-electron chi connectivity index (χ4n) is 1.59. The van der Waals surface area contributed by atoms with Gasteiger partial charge in [0.1, 0.15) is 5.82 Å². The number of hydrogen-bond acceptors (Lipinski definition) is 2. The van der Waals surface area contributed by atoms with Crippen LogP contribution in [0, 0.1) is 5.82 Å². The van der Waals surface area contributed by atoms with E-state index in [2.05, 4.69) is 17.6 Å². The molecule has 4 heteroatoms. The molecule has 2 N–H and O–H groups in total. The first-order valence-electron chi connectivity index (χ1n) is 6.44. The van der Waals surface area contributed by atoms with E-state index in [0.29, 0.717) is 13.1 Å². The van der Waals surface area contributed by atoms with Crippen molar-refractivity contribution in [3.63, 3.8) is 0 Å². The van der Waals surface area contributed by atoms with Crippen molar-refractivity contribution in [2.24, 2.45) is 0 Å². The zero-order valence-electron chi connectivity index (χ0n) is 10.8. The van der Waals surface area contributed by atoms with Crippen LogP contribution < -0.4 is 10.6 Å². The number of carbonyl (C=O) groups is 1. The molecule has 1 rings (SSSR count). The third-order valence-corrected chi connectivity index (χ3v) is 2.63. The van der Waals surface area contributed by atoms with Crippen LogP contribution in [-0.4, -0.2) is 19.0 Å². The highest BCUT2D eigenvalue weighted by Crippen LogP contribution is 2.01. The predicted octanol–water partition coefficient (Wildman–Crippen LogP) is 2.22. The Morgan fingerprint density at radius 1 is 1.22 bits per heavy atom. The average molecular weight is 252 g/mol. The Hall–Kier alpha value is -1.42. The molecule has 0 fully saturated rings. The number of unbranched alkanes of at least 4 members (excludes halogenated alkanes) is 2. The van der Waals surface area contributed by atoms with E-state index in [0.717, 1.165) is 31.4 Å². The van der Waals surface area contributed by atoms with E-state index in [1.165, 1.54) is 12.1 Å². The summed E-state index contributed by atoms with van der Waals surface area (Å²) in [5.41, 5.74) is 0.968. The second-order valence-electron chi connectivity index (χ2n) is 4.29. The first-order valence-corrected chi connectivity index (χ1v) is 6.44. The van der Waals surface area contributed by atoms with Gasteiger partial charge in [0.2, 0.25) is 5.91 Å². The first kappa shape index (κ1) is 14.6. The van der Waals surface area contributed by atoms with Crippen LogP contribution in [0.2, 0.25) is 0 Å². The summed E-state index contributed by atoms with van der Waals surface area (Å²) in [7, 11) is 0. The molecule has 0 aromatic heterocycles. The fraction of sp³-hybridized carbons (Fsp3) is 0.500. The van der Waals surface area contributed by atoms with Gasteiger partial charge in [0, 0.05) is 13.1 Å². The highest BCUT2D eigenvalue weighted by atomic mass is 19.1. The van der Waals surface area contributed by atoms with Gasteiger partial charge < -0.3 is 10.6 Å². The molecule has 0 saturated carbocycles. The largest absolute Gasteiger partial charge is 0.355 e. The minimum Gasteiger partial charge on any atom is -0.355 e. The van der Waals surface area contributed by atoms with Crippen LogP contribution in [0.5, 0.6) is 0 Å². The van der Waals surface area contributed by atoms with Crippen molar-refractivity contribution in [1.82, 2.24) is 10.6 Å². The Kier molecular flexibility index (Phi) is 7.03. The van der Waals surface area contributed by atoms with Crippen molar-refractivity contribution in [2.75, 3.05) is 13.1 Å². The maximum absolute atomic E-state index is 12.7. The highest BCUT2D eigenvalue weighted by Gasteiger charge is 2.00. The third-order valence-electron chi connectivity index (χ3n) is 2.63. The van der Waals surface area contributed by atoms with E-state index in [1.54, 1.807) is 12.1 Å². The van der Waals surface area contributed by atoms with Crippen molar-refractivity contribution in [3.8, 4) is 0 Å². The maximum Gasteiger partial charge on any atom is 0.233 e. The normalized spacial score (nSPS) is 10.3. The quantitative estimate of drug-likeness (QED) is 0.697. The second kappa shape index (κ2) is 8.64. The van der Waals surface area contributed by atoms with Gasteiger partial charge in [-0.1, -0.05) is 31.9 Å². The monoisotopic (exact) mass is 252 g/mol. The highest BCUT2D eigenvalue weighted by molar-refractivity contribution is 5.77. The lowest BCUT2D eigenvalue weighted by Gasteiger charge is -2.06. The summed E-state index contributed by atoms with van der Waals surface area (Å²) in [6.45, 7) is 3.74. The molecule has 0 heterocycles. The maximum atomic E-state index is 12.7. The summed E-state index contributed by atoms with van der Waals surface area (Å²) < 4.78 is 12.7. The fourth-order valence-corrected chi connectivity index (χ4v) is 1.59. The molecule has 0 unspecified atom stereocenters. The molecular formula is C14H21FN2O. The van der Waals surface area contributed by atoms with Crippen LogP contribution in [0.3, 0.4) is 0 Å². The Morgan fingerprint density at radius 2 is 1.94 bits per heavy atom. The number of benzene rings is 1. The van der Waals surface area contributed by atoms with Gasteiger partial charge in [0.25, 0.3) is 0 Å². The summed E-state index contributed by atoms with van der Waals surface area (Å²) in [6.07, 6.45) is 3.32. The van der Waals surface area contributed by atoms with E-state index in [9.17, 15) is 9.18 Å². The molecule has 0 radical (unpaired) electrons. The number of nitrogens with one attached hydrogen (secondary N) is 2. The smallest absolute Gasteiger partial charge is 0.233 e. The standard InChI is InChI=1S/C14H21FN2O/c1-2-3-4-9-17-14(18)11-16-10-12-5-7-13(15)8-6-12/h5-8,16H,2-4,9-11H2,1H3,(H,17,18). The van der Waals surface area contributed by atoms with Crippen LogP contribution in [0.1, 0.15) is 31.7 Å². The van der Waals surface area contributed by atoms with Gasteiger partial charge in [-0.25, -0.2) is 4.39 Å². The summed E-state index contributed by atoms with van der Waals surface area (Å²) in [4.78, 5) is 11.4. The summed E-state index contributed by atoms with van der Waals surface area (Å²) in [5.74, 6) is -0.236. The molecule has 0 aliphatic heterocycles. The molecule has 0 spiro atoms. The minimum atomic E-state index is -0.243. The van der Waals surface area contributed by atoms with Crippen LogP contribution in [-0.2, 0) is 11.3 Å². The number of amides is 1. The van der Waals surface area contributed by atoms with E-state index in [-0.39, 0.29) is 11.7 Å². The van der Waals surface area contributed by atoms with Crippen molar-refractivity contribution in [2.45, 2.75) is 32.7 Å². The molecule has 3 nitrogen and oxygen atoms in total. The SMILES string of the molecule is CCCCCNC(=O)CNCc1ccc(F)cc1. The average Bonchev–Trinajstić information content (AvgIpc) is 2.37. The lowest BCUT2D eigenvalue weighted by molar-refractivity contribution is -0.120. The summed E-state index contributed by atoms with van der Waals surface area (Å²) in [5, 5.41) is 5.88. The Labute approximate surface area is 108 Å². The number of rotatable bonds is 8. The molecule has 1 aromatic rings. The van der Waals surface area contributed by atoms with Crippen LogP contribution >= 0.6 is 0 Å². The van der Waals surface area contributed by atoms with Gasteiger partial charge >= 0.3 is 0 Å². The Morgan fingerprint density at radius 3 is 2.61 bits per heavy atom. The van der Waals surface area contributed by atoms with Gasteiger partial charge in [-0.3, -0.25) is 4.79 Å². The van der Waals surface area contributed by atoms with Gasteiger partial charge in [-0.2, -0.15) is 0 Å².